The van der Waals surface area contributed by atoms with Gasteiger partial charge in [-0.15, -0.1) is 0 Å². The molecule has 7 nitrogen and oxygen atoms in total. The first-order chi connectivity index (χ1) is 16.8. The van der Waals surface area contributed by atoms with Gasteiger partial charge in [0.1, 0.15) is 6.54 Å². The van der Waals surface area contributed by atoms with Gasteiger partial charge in [0.05, 0.1) is 16.8 Å². The lowest BCUT2D eigenvalue weighted by Gasteiger charge is -2.13. The van der Waals surface area contributed by atoms with Gasteiger partial charge in [0.25, 0.3) is 5.91 Å². The molecule has 1 aliphatic heterocycles. The van der Waals surface area contributed by atoms with Crippen LogP contribution in [0.25, 0.3) is 22.6 Å². The van der Waals surface area contributed by atoms with Crippen LogP contribution in [0.15, 0.2) is 42.5 Å². The summed E-state index contributed by atoms with van der Waals surface area (Å²) in [5.74, 6) is -0.495. The van der Waals surface area contributed by atoms with Crippen molar-refractivity contribution >= 4 is 34.4 Å². The van der Waals surface area contributed by atoms with Crippen LogP contribution in [0.5, 0.6) is 11.5 Å². The number of nitrogens with one attached hydrogen (secondary N) is 1. The van der Waals surface area contributed by atoms with Crippen molar-refractivity contribution in [3.8, 4) is 11.5 Å². The van der Waals surface area contributed by atoms with Crippen LogP contribution in [0.3, 0.4) is 0 Å². The van der Waals surface area contributed by atoms with Gasteiger partial charge in [0, 0.05) is 5.39 Å². The van der Waals surface area contributed by atoms with Gasteiger partial charge in [-0.25, -0.2) is 9.78 Å². The monoisotopic (exact) mass is 484 g/mol. The van der Waals surface area contributed by atoms with E-state index in [2.05, 4.69) is 0 Å². The Labute approximate surface area is 197 Å². The summed E-state index contributed by atoms with van der Waals surface area (Å²) in [5, 5.41) is 2.24. The molecule has 0 spiro atoms. The van der Waals surface area contributed by atoms with E-state index in [1.54, 1.807) is 29.6 Å². The second kappa shape index (κ2) is 8.94. The number of esters is 1. The van der Waals surface area contributed by atoms with Gasteiger partial charge in [0.15, 0.2) is 18.1 Å². The number of benzene rings is 2. The first kappa shape index (κ1) is 22.7. The van der Waals surface area contributed by atoms with Crippen LogP contribution in [0.1, 0.15) is 33.6 Å². The molecule has 5 rings (SSSR count). The number of fused-ring (bicyclic) bond motifs is 3. The molecule has 2 aliphatic rings. The molecule has 0 unspecified atom stereocenters. The van der Waals surface area contributed by atoms with Crippen molar-refractivity contribution < 1.29 is 37.0 Å². The Balaban J connectivity index is 1.44. The SMILES string of the molecule is O=C(COC(=O)c1c2c(nc3ccccc13)/C(=C/c1ccc3c(c1)OCO3)CC2)NCC(F)(F)F. The smallest absolute Gasteiger partial charge is 0.405 e. The first-order valence-electron chi connectivity index (χ1n) is 10.8. The van der Waals surface area contributed by atoms with E-state index in [0.29, 0.717) is 46.5 Å². The molecule has 0 saturated carbocycles. The largest absolute Gasteiger partial charge is 0.454 e. The number of carbonyl (C=O) groups excluding carboxylic acids is 2. The number of amides is 1. The fourth-order valence-corrected chi connectivity index (χ4v) is 4.17. The summed E-state index contributed by atoms with van der Waals surface area (Å²) >= 11 is 0. The quantitative estimate of drug-likeness (QED) is 0.544. The van der Waals surface area contributed by atoms with Crippen molar-refractivity contribution in [3.63, 3.8) is 0 Å². The number of halogens is 3. The number of rotatable bonds is 5. The van der Waals surface area contributed by atoms with E-state index >= 15 is 0 Å². The highest BCUT2D eigenvalue weighted by atomic mass is 19.4. The maximum Gasteiger partial charge on any atom is 0.405 e. The fourth-order valence-electron chi connectivity index (χ4n) is 4.17. The summed E-state index contributed by atoms with van der Waals surface area (Å²) in [6, 6.07) is 12.6. The molecule has 1 amide bonds. The van der Waals surface area contributed by atoms with Crippen molar-refractivity contribution in [3.05, 3.63) is 64.8 Å². The molecule has 35 heavy (non-hydrogen) atoms. The summed E-state index contributed by atoms with van der Waals surface area (Å²) in [4.78, 5) is 29.5. The number of para-hydroxylation sites is 1. The highest BCUT2D eigenvalue weighted by Crippen LogP contribution is 2.39. The number of pyridine rings is 1. The molecule has 0 radical (unpaired) electrons. The second-order valence-corrected chi connectivity index (χ2v) is 8.08. The van der Waals surface area contributed by atoms with E-state index in [4.69, 9.17) is 19.2 Å². The van der Waals surface area contributed by atoms with E-state index in [1.807, 2.05) is 24.3 Å². The van der Waals surface area contributed by atoms with Gasteiger partial charge in [-0.1, -0.05) is 24.3 Å². The zero-order valence-corrected chi connectivity index (χ0v) is 18.3. The molecule has 180 valence electrons. The van der Waals surface area contributed by atoms with Crippen LogP contribution < -0.4 is 14.8 Å². The normalized spacial score (nSPS) is 15.3. The molecule has 0 fully saturated rings. The minimum Gasteiger partial charge on any atom is -0.454 e. The Morgan fingerprint density at radius 2 is 1.89 bits per heavy atom. The first-order valence-corrected chi connectivity index (χ1v) is 10.8. The van der Waals surface area contributed by atoms with Crippen LogP contribution in [0.2, 0.25) is 0 Å². The van der Waals surface area contributed by atoms with Gasteiger partial charge in [-0.3, -0.25) is 4.79 Å². The van der Waals surface area contributed by atoms with Gasteiger partial charge >= 0.3 is 12.1 Å². The number of hydrogen-bond donors (Lipinski definition) is 1. The molecule has 2 heterocycles. The van der Waals surface area contributed by atoms with Gasteiger partial charge in [0.2, 0.25) is 6.79 Å². The third-order valence-electron chi connectivity index (χ3n) is 5.70. The van der Waals surface area contributed by atoms with E-state index in [-0.39, 0.29) is 12.4 Å². The lowest BCUT2D eigenvalue weighted by atomic mass is 10.0. The summed E-state index contributed by atoms with van der Waals surface area (Å²) in [6.45, 7) is -2.14. The Kier molecular flexibility index (Phi) is 5.80. The highest BCUT2D eigenvalue weighted by molar-refractivity contribution is 6.07. The third-order valence-corrected chi connectivity index (χ3v) is 5.70. The minimum atomic E-state index is -4.55. The van der Waals surface area contributed by atoms with Crippen LogP contribution in [-0.2, 0) is 16.0 Å². The predicted octanol–water partition coefficient (Wildman–Crippen LogP) is 4.29. The lowest BCUT2D eigenvalue weighted by molar-refractivity contribution is -0.140. The van der Waals surface area contributed by atoms with Crippen molar-refractivity contribution in [2.45, 2.75) is 19.0 Å². The molecule has 1 aromatic heterocycles. The van der Waals surface area contributed by atoms with E-state index < -0.39 is 31.2 Å². The minimum absolute atomic E-state index is 0.172. The predicted molar refractivity (Wildman–Crippen MR) is 120 cm³/mol. The van der Waals surface area contributed by atoms with Crippen molar-refractivity contribution in [1.29, 1.82) is 0 Å². The van der Waals surface area contributed by atoms with E-state index in [9.17, 15) is 22.8 Å². The Bertz CT molecular complexity index is 1370. The van der Waals surface area contributed by atoms with Crippen molar-refractivity contribution in [2.24, 2.45) is 0 Å². The summed E-state index contributed by atoms with van der Waals surface area (Å²) in [6.07, 6.45) is -1.44. The lowest BCUT2D eigenvalue weighted by Crippen LogP contribution is -2.36. The third kappa shape index (κ3) is 4.77. The number of hydrogen-bond acceptors (Lipinski definition) is 6. The standard InChI is InChI=1S/C25H19F3N2O5/c26-25(27,28)12-29-21(31)11-33-24(32)22-16-3-1-2-4-18(16)30-23-15(6-7-17(22)23)9-14-5-8-19-20(10-14)35-13-34-19/h1-5,8-10H,6-7,11-13H2,(H,29,31)/b15-9+. The van der Waals surface area contributed by atoms with Gasteiger partial charge in [-0.2, -0.15) is 13.2 Å². The maximum atomic E-state index is 13.0. The van der Waals surface area contributed by atoms with Crippen LogP contribution >= 0.6 is 0 Å². The zero-order valence-electron chi connectivity index (χ0n) is 18.3. The summed E-state index contributed by atoms with van der Waals surface area (Å²) in [5.41, 5.74) is 3.96. The summed E-state index contributed by atoms with van der Waals surface area (Å²) in [7, 11) is 0. The molecular formula is C25H19F3N2O5. The zero-order chi connectivity index (χ0) is 24.6. The molecule has 0 bridgehead atoms. The average molecular weight is 484 g/mol. The van der Waals surface area contributed by atoms with Crippen LogP contribution in [0.4, 0.5) is 13.2 Å². The molecule has 10 heteroatoms. The molecule has 1 N–H and O–H groups in total. The Morgan fingerprint density at radius 3 is 2.71 bits per heavy atom. The molecule has 3 aromatic rings. The maximum absolute atomic E-state index is 13.0. The number of nitrogens with zero attached hydrogens (tertiary/aromatic N) is 1. The number of allylic oxidation sites excluding steroid dienone is 1. The Morgan fingerprint density at radius 1 is 1.09 bits per heavy atom. The van der Waals surface area contributed by atoms with Crippen LogP contribution in [-0.4, -0.2) is 43.0 Å². The topological polar surface area (TPSA) is 86.8 Å². The highest BCUT2D eigenvalue weighted by Gasteiger charge is 2.30. The summed E-state index contributed by atoms with van der Waals surface area (Å²) < 4.78 is 52.8. The molecule has 1 aliphatic carbocycles. The molecule has 0 atom stereocenters. The van der Waals surface area contributed by atoms with Crippen molar-refractivity contribution in [2.75, 3.05) is 19.9 Å². The number of carbonyl (C=O) groups is 2. The number of alkyl halides is 3. The van der Waals surface area contributed by atoms with Gasteiger partial charge in [-0.05, 0) is 53.8 Å². The number of ether oxygens (including phenoxy) is 3. The Hall–Kier alpha value is -4.08. The molecular weight excluding hydrogens is 465 g/mol. The number of aromatic nitrogens is 1. The van der Waals surface area contributed by atoms with Gasteiger partial charge < -0.3 is 19.5 Å². The van der Waals surface area contributed by atoms with E-state index in [1.165, 1.54) is 0 Å². The van der Waals surface area contributed by atoms with Crippen molar-refractivity contribution in [1.82, 2.24) is 10.3 Å². The molecule has 0 saturated heterocycles. The second-order valence-electron chi connectivity index (χ2n) is 8.08. The van der Waals surface area contributed by atoms with E-state index in [0.717, 1.165) is 11.1 Å². The molecule has 2 aromatic carbocycles. The van der Waals surface area contributed by atoms with Crippen LogP contribution in [0, 0.1) is 0 Å². The fraction of sp³-hybridized carbons (Fsp3) is 0.240. The average Bonchev–Trinajstić information content (AvgIpc) is 3.46.